The Labute approximate surface area is 250 Å². The molecule has 0 fully saturated rings. The van der Waals surface area contributed by atoms with Crippen LogP contribution in [0.3, 0.4) is 0 Å². The van der Waals surface area contributed by atoms with Gasteiger partial charge in [0, 0.05) is 22.7 Å². The summed E-state index contributed by atoms with van der Waals surface area (Å²) in [5, 5.41) is 3.84. The molecule has 4 aromatic rings. The number of aromatic nitrogens is 1. The van der Waals surface area contributed by atoms with E-state index in [1.54, 1.807) is 50.4 Å². The van der Waals surface area contributed by atoms with Gasteiger partial charge in [-0.2, -0.15) is 0 Å². The van der Waals surface area contributed by atoms with E-state index in [4.69, 9.17) is 40.3 Å². The second-order valence-corrected chi connectivity index (χ2v) is 9.42. The van der Waals surface area contributed by atoms with Crippen LogP contribution < -0.4 is 24.3 Å². The number of fused-ring (bicyclic) bond motifs is 1. The molecule has 0 saturated carbocycles. The third-order valence-corrected chi connectivity index (χ3v) is 6.29. The highest BCUT2D eigenvalue weighted by Crippen LogP contribution is 2.42. The smallest absolute Gasteiger partial charge is 0.495 e. The number of carbonyl (C=O) groups is 1. The maximum atomic E-state index is 12.4. The van der Waals surface area contributed by atoms with Crippen molar-refractivity contribution in [3.63, 3.8) is 0 Å². The van der Waals surface area contributed by atoms with Crippen molar-refractivity contribution in [1.82, 2.24) is 10.3 Å². The van der Waals surface area contributed by atoms with Gasteiger partial charge in [0.25, 0.3) is 0 Å². The molecule has 43 heavy (non-hydrogen) atoms. The van der Waals surface area contributed by atoms with Crippen molar-refractivity contribution in [2.24, 2.45) is 0 Å². The van der Waals surface area contributed by atoms with Crippen molar-refractivity contribution in [3.05, 3.63) is 71.4 Å². The van der Waals surface area contributed by atoms with Gasteiger partial charge in [-0.1, -0.05) is 23.7 Å². The Kier molecular flexibility index (Phi) is 10.4. The third kappa shape index (κ3) is 8.55. The summed E-state index contributed by atoms with van der Waals surface area (Å²) < 4.78 is 68.4. The zero-order chi connectivity index (χ0) is 31.0. The minimum atomic E-state index is -4.78. The van der Waals surface area contributed by atoms with Crippen LogP contribution in [0.15, 0.2) is 60.7 Å². The molecule has 0 aliphatic carbocycles. The molecule has 0 aliphatic rings. The van der Waals surface area contributed by atoms with Crippen molar-refractivity contribution in [1.29, 1.82) is 0 Å². The second kappa shape index (κ2) is 14.2. The average molecular weight is 621 g/mol. The Hall–Kier alpha value is -4.42. The van der Waals surface area contributed by atoms with E-state index in [1.807, 2.05) is 0 Å². The molecule has 0 radical (unpaired) electrons. The number of hydrogen-bond acceptors (Lipinski definition) is 9. The maximum absolute atomic E-state index is 12.4. The molecule has 0 saturated heterocycles. The van der Waals surface area contributed by atoms with Crippen LogP contribution in [0.5, 0.6) is 28.7 Å². The lowest BCUT2D eigenvalue weighted by molar-refractivity contribution is -0.274. The van der Waals surface area contributed by atoms with E-state index in [9.17, 15) is 18.0 Å². The van der Waals surface area contributed by atoms with Crippen molar-refractivity contribution in [3.8, 4) is 39.9 Å². The molecule has 4 rings (SSSR count). The van der Waals surface area contributed by atoms with Gasteiger partial charge in [-0.05, 0) is 75.0 Å². The summed E-state index contributed by atoms with van der Waals surface area (Å²) in [6.07, 6.45) is -5.02. The first-order valence-corrected chi connectivity index (χ1v) is 13.3. The summed E-state index contributed by atoms with van der Waals surface area (Å²) in [6, 6.07) is 15.3. The SMILES string of the molecule is CNCCCOC(=O)OCOc1c(-c2ccc(Oc3ccc(OC(F)(F)F)cc3)cc2)c(C)nc2cc(OC)c(Cl)cc12. The van der Waals surface area contributed by atoms with Gasteiger partial charge in [-0.15, -0.1) is 13.2 Å². The number of methoxy groups -OCH3 is 1. The molecule has 13 heteroatoms. The molecule has 0 amide bonds. The fourth-order valence-corrected chi connectivity index (χ4v) is 4.36. The van der Waals surface area contributed by atoms with Gasteiger partial charge in [-0.3, -0.25) is 4.98 Å². The number of alkyl halides is 3. The molecule has 0 bridgehead atoms. The number of hydrogen-bond donors (Lipinski definition) is 1. The number of benzene rings is 3. The van der Waals surface area contributed by atoms with Gasteiger partial charge < -0.3 is 33.7 Å². The van der Waals surface area contributed by atoms with Gasteiger partial charge in [0.1, 0.15) is 28.7 Å². The molecular formula is C30H28ClF3N2O7. The van der Waals surface area contributed by atoms with E-state index in [1.165, 1.54) is 19.2 Å². The zero-order valence-corrected chi connectivity index (χ0v) is 24.2. The van der Waals surface area contributed by atoms with Gasteiger partial charge in [-0.25, -0.2) is 4.79 Å². The molecule has 3 aromatic carbocycles. The van der Waals surface area contributed by atoms with Gasteiger partial charge in [0.05, 0.1) is 24.3 Å². The first-order chi connectivity index (χ1) is 20.6. The molecule has 9 nitrogen and oxygen atoms in total. The Morgan fingerprint density at radius 3 is 2.26 bits per heavy atom. The lowest BCUT2D eigenvalue weighted by atomic mass is 10.00. The lowest BCUT2D eigenvalue weighted by Crippen LogP contribution is -2.16. The quantitative estimate of drug-likeness (QED) is 0.0972. The van der Waals surface area contributed by atoms with E-state index < -0.39 is 19.3 Å². The van der Waals surface area contributed by atoms with Crippen LogP contribution in [0.25, 0.3) is 22.0 Å². The number of rotatable bonds is 12. The second-order valence-electron chi connectivity index (χ2n) is 9.01. The van der Waals surface area contributed by atoms with Crippen LogP contribution in [0.1, 0.15) is 12.1 Å². The predicted molar refractivity (Wildman–Crippen MR) is 153 cm³/mol. The summed E-state index contributed by atoms with van der Waals surface area (Å²) in [6.45, 7) is 2.24. The Bertz CT molecular complexity index is 1550. The van der Waals surface area contributed by atoms with E-state index in [0.717, 1.165) is 12.1 Å². The van der Waals surface area contributed by atoms with Crippen molar-refractivity contribution in [2.75, 3.05) is 34.1 Å². The Morgan fingerprint density at radius 1 is 0.977 bits per heavy atom. The van der Waals surface area contributed by atoms with Crippen molar-refractivity contribution >= 4 is 28.7 Å². The molecular weight excluding hydrogens is 593 g/mol. The number of pyridine rings is 1. The molecule has 0 aliphatic heterocycles. The summed E-state index contributed by atoms with van der Waals surface area (Å²) in [7, 11) is 3.29. The van der Waals surface area contributed by atoms with Crippen LogP contribution in [0, 0.1) is 6.92 Å². The van der Waals surface area contributed by atoms with Crippen LogP contribution in [0.4, 0.5) is 18.0 Å². The van der Waals surface area contributed by atoms with Crippen LogP contribution >= 0.6 is 11.6 Å². The minimum absolute atomic E-state index is 0.192. The molecule has 0 unspecified atom stereocenters. The van der Waals surface area contributed by atoms with E-state index in [-0.39, 0.29) is 12.4 Å². The topological polar surface area (TPSA) is 97.4 Å². The highest BCUT2D eigenvalue weighted by Gasteiger charge is 2.31. The van der Waals surface area contributed by atoms with E-state index >= 15 is 0 Å². The molecule has 0 spiro atoms. The van der Waals surface area contributed by atoms with Crippen molar-refractivity contribution in [2.45, 2.75) is 19.7 Å². The largest absolute Gasteiger partial charge is 0.573 e. The molecule has 0 atom stereocenters. The Balaban J connectivity index is 1.58. The number of carbonyl (C=O) groups excluding carboxylic acids is 1. The maximum Gasteiger partial charge on any atom is 0.573 e. The standard InChI is InChI=1S/C30H28ClF3N2O7/c1-18-27(19-5-7-20(8-6-19)42-21-9-11-22(12-10-21)43-30(32,33)34)28(40-17-41-29(37)39-14-4-13-35-2)23-15-24(31)26(38-3)16-25(23)36-18/h5-12,15-16,35H,4,13-14,17H2,1-3H3. The normalized spacial score (nSPS) is 11.2. The molecule has 228 valence electrons. The molecule has 1 aromatic heterocycles. The minimum Gasteiger partial charge on any atom is -0.495 e. The lowest BCUT2D eigenvalue weighted by Gasteiger charge is -2.18. The number of halogens is 4. The van der Waals surface area contributed by atoms with Crippen LogP contribution in [0.2, 0.25) is 5.02 Å². The van der Waals surface area contributed by atoms with Crippen LogP contribution in [-0.4, -0.2) is 51.6 Å². The summed E-state index contributed by atoms with van der Waals surface area (Å²) in [4.78, 5) is 16.7. The number of ether oxygens (including phenoxy) is 6. The van der Waals surface area contributed by atoms with Crippen LogP contribution in [-0.2, 0) is 9.47 Å². The third-order valence-electron chi connectivity index (χ3n) is 6.00. The zero-order valence-electron chi connectivity index (χ0n) is 23.4. The van der Waals surface area contributed by atoms with Gasteiger partial charge in [0.2, 0.25) is 6.79 Å². The number of nitrogens with zero attached hydrogens (tertiary/aromatic N) is 1. The van der Waals surface area contributed by atoms with Gasteiger partial charge in [0.15, 0.2) is 0 Å². The van der Waals surface area contributed by atoms with Crippen molar-refractivity contribution < 1.29 is 46.4 Å². The highest BCUT2D eigenvalue weighted by atomic mass is 35.5. The van der Waals surface area contributed by atoms with E-state index in [2.05, 4.69) is 10.1 Å². The predicted octanol–water partition coefficient (Wildman–Crippen LogP) is 7.66. The first kappa shape index (κ1) is 31.5. The molecule has 1 heterocycles. The first-order valence-electron chi connectivity index (χ1n) is 13.0. The summed E-state index contributed by atoms with van der Waals surface area (Å²) in [5.41, 5.74) is 2.46. The molecule has 1 N–H and O–H groups in total. The fraction of sp³-hybridized carbons (Fsp3) is 0.267. The summed E-state index contributed by atoms with van der Waals surface area (Å²) in [5.74, 6) is 1.18. The number of nitrogens with one attached hydrogen (secondary N) is 1. The van der Waals surface area contributed by atoms with Gasteiger partial charge >= 0.3 is 12.5 Å². The van der Waals surface area contributed by atoms with E-state index in [0.29, 0.717) is 68.7 Å². The highest BCUT2D eigenvalue weighted by molar-refractivity contribution is 6.33. The number of aryl methyl sites for hydroxylation is 1. The average Bonchev–Trinajstić information content (AvgIpc) is 2.96. The fourth-order valence-electron chi connectivity index (χ4n) is 4.12. The summed E-state index contributed by atoms with van der Waals surface area (Å²) >= 11 is 6.42. The monoisotopic (exact) mass is 620 g/mol. The Morgan fingerprint density at radius 2 is 1.63 bits per heavy atom.